The van der Waals surface area contributed by atoms with Gasteiger partial charge in [0, 0.05) is 0 Å². The van der Waals surface area contributed by atoms with E-state index in [-0.39, 0.29) is 29.6 Å². The smallest absolute Gasteiger partial charge is 0.241 e. The molecule has 4 nitrogen and oxygen atoms in total. The predicted molar refractivity (Wildman–Crippen MR) is 82.4 cm³/mol. The maximum Gasteiger partial charge on any atom is 0.241 e. The van der Waals surface area contributed by atoms with Crippen molar-refractivity contribution in [2.24, 2.45) is 23.2 Å². The van der Waals surface area contributed by atoms with Crippen LogP contribution in [0.4, 0.5) is 5.69 Å². The van der Waals surface area contributed by atoms with Crippen molar-refractivity contribution in [2.45, 2.75) is 20.3 Å². The van der Waals surface area contributed by atoms with Crippen LogP contribution in [0.2, 0.25) is 0 Å². The molecule has 22 heavy (non-hydrogen) atoms. The monoisotopic (exact) mass is 297 g/mol. The quantitative estimate of drug-likeness (QED) is 0.636. The Morgan fingerprint density at radius 3 is 2.77 bits per heavy atom. The van der Waals surface area contributed by atoms with E-state index in [0.717, 1.165) is 6.42 Å². The molecule has 2 fully saturated rings. The van der Waals surface area contributed by atoms with Crippen molar-refractivity contribution >= 4 is 17.5 Å². The molecule has 0 radical (unpaired) electrons. The van der Waals surface area contributed by atoms with E-state index < -0.39 is 5.41 Å². The summed E-state index contributed by atoms with van der Waals surface area (Å²) in [4.78, 5) is 27.4. The molecule has 4 rings (SSSR count). The summed E-state index contributed by atoms with van der Waals surface area (Å²) >= 11 is 0. The lowest BCUT2D eigenvalue weighted by molar-refractivity contribution is -0.127. The van der Waals surface area contributed by atoms with Crippen molar-refractivity contribution in [1.29, 1.82) is 0 Å². The van der Waals surface area contributed by atoms with Crippen LogP contribution >= 0.6 is 0 Å². The molecule has 114 valence electrons. The number of rotatable bonds is 3. The minimum absolute atomic E-state index is 0.0727. The molecule has 2 bridgehead atoms. The van der Waals surface area contributed by atoms with Gasteiger partial charge in [0.2, 0.25) is 11.8 Å². The van der Waals surface area contributed by atoms with E-state index in [0.29, 0.717) is 18.0 Å². The third kappa shape index (κ3) is 1.47. The Labute approximate surface area is 129 Å². The SMILES string of the molecule is CCOc1ccccc1N1C(=O)[C@@H]2[C@@H]3C=C[C@@H](C3)[C@@]2(C)C1=O. The predicted octanol–water partition coefficient (Wildman–Crippen LogP) is 2.79. The molecule has 0 aromatic heterocycles. The normalized spacial score (nSPS) is 35.4. The number of para-hydroxylation sites is 2. The Morgan fingerprint density at radius 1 is 1.27 bits per heavy atom. The number of nitrogens with zero attached hydrogens (tertiary/aromatic N) is 1. The molecule has 3 aliphatic rings. The topological polar surface area (TPSA) is 46.6 Å². The highest BCUT2D eigenvalue weighted by Gasteiger charge is 2.67. The zero-order valence-corrected chi connectivity index (χ0v) is 12.8. The van der Waals surface area contributed by atoms with E-state index in [4.69, 9.17) is 4.74 Å². The average Bonchev–Trinajstić information content (AvgIpc) is 3.13. The number of anilines is 1. The molecule has 1 aliphatic heterocycles. The maximum atomic E-state index is 13.1. The summed E-state index contributed by atoms with van der Waals surface area (Å²) in [7, 11) is 0. The van der Waals surface area contributed by atoms with Crippen LogP contribution in [0.5, 0.6) is 5.75 Å². The van der Waals surface area contributed by atoms with E-state index in [1.54, 1.807) is 6.07 Å². The molecule has 1 aromatic rings. The van der Waals surface area contributed by atoms with Crippen LogP contribution < -0.4 is 9.64 Å². The molecule has 1 saturated heterocycles. The Bertz CT molecular complexity index is 695. The van der Waals surface area contributed by atoms with Gasteiger partial charge in [0.1, 0.15) is 5.75 Å². The fourth-order valence-corrected chi connectivity index (χ4v) is 4.45. The molecule has 0 spiro atoms. The van der Waals surface area contributed by atoms with Gasteiger partial charge in [0.05, 0.1) is 23.6 Å². The van der Waals surface area contributed by atoms with Crippen molar-refractivity contribution < 1.29 is 14.3 Å². The molecule has 0 unspecified atom stereocenters. The number of ether oxygens (including phenoxy) is 1. The van der Waals surface area contributed by atoms with Crippen LogP contribution in [0, 0.1) is 23.2 Å². The summed E-state index contributed by atoms with van der Waals surface area (Å²) in [6.45, 7) is 4.35. The fourth-order valence-electron chi connectivity index (χ4n) is 4.45. The van der Waals surface area contributed by atoms with Gasteiger partial charge in [0.25, 0.3) is 0 Å². The first-order valence-corrected chi connectivity index (χ1v) is 7.87. The molecule has 1 saturated carbocycles. The lowest BCUT2D eigenvalue weighted by Gasteiger charge is -2.28. The number of carbonyl (C=O) groups excluding carboxylic acids is 2. The Hall–Kier alpha value is -2.10. The standard InChI is InChI=1S/C18H19NO3/c1-3-22-14-7-5-4-6-13(14)19-16(20)15-11-8-9-12(10-11)18(15,2)17(19)21/h4-9,11-12,15H,3,10H2,1-2H3/t11-,12+,15+,18-/m1/s1. The Morgan fingerprint density at radius 2 is 2.05 bits per heavy atom. The van der Waals surface area contributed by atoms with Crippen molar-refractivity contribution in [3.05, 3.63) is 36.4 Å². The molecule has 2 aliphatic carbocycles. The Kier molecular flexibility index (Phi) is 2.74. The number of amides is 2. The van der Waals surface area contributed by atoms with Crippen molar-refractivity contribution in [1.82, 2.24) is 0 Å². The van der Waals surface area contributed by atoms with Crippen LogP contribution in [0.25, 0.3) is 0 Å². The largest absolute Gasteiger partial charge is 0.492 e. The van der Waals surface area contributed by atoms with Crippen LogP contribution in [0.3, 0.4) is 0 Å². The van der Waals surface area contributed by atoms with Gasteiger partial charge in [0.15, 0.2) is 0 Å². The van der Waals surface area contributed by atoms with Crippen molar-refractivity contribution in [3.63, 3.8) is 0 Å². The first-order chi connectivity index (χ1) is 10.6. The van der Waals surface area contributed by atoms with E-state index in [1.807, 2.05) is 32.0 Å². The number of hydrogen-bond donors (Lipinski definition) is 0. The molecule has 1 heterocycles. The number of hydrogen-bond acceptors (Lipinski definition) is 3. The molecule has 2 amide bonds. The van der Waals surface area contributed by atoms with Gasteiger partial charge in [-0.3, -0.25) is 9.59 Å². The molecule has 0 N–H and O–H groups in total. The third-order valence-corrected chi connectivity index (χ3v) is 5.52. The summed E-state index contributed by atoms with van der Waals surface area (Å²) < 4.78 is 5.61. The van der Waals surface area contributed by atoms with Crippen LogP contribution in [0.1, 0.15) is 20.3 Å². The van der Waals surface area contributed by atoms with Crippen molar-refractivity contribution in [3.8, 4) is 5.75 Å². The number of carbonyl (C=O) groups is 2. The highest BCUT2D eigenvalue weighted by molar-refractivity contribution is 6.25. The van der Waals surface area contributed by atoms with Crippen LogP contribution in [-0.2, 0) is 9.59 Å². The average molecular weight is 297 g/mol. The minimum Gasteiger partial charge on any atom is -0.492 e. The van der Waals surface area contributed by atoms with Gasteiger partial charge in [-0.05, 0) is 44.2 Å². The van der Waals surface area contributed by atoms with Gasteiger partial charge in [-0.15, -0.1) is 0 Å². The van der Waals surface area contributed by atoms with E-state index in [9.17, 15) is 9.59 Å². The second-order valence-corrected chi connectivity index (χ2v) is 6.53. The molecule has 4 heteroatoms. The summed E-state index contributed by atoms with van der Waals surface area (Å²) in [5.74, 6) is 0.613. The summed E-state index contributed by atoms with van der Waals surface area (Å²) in [5.41, 5.74) is -0.00935. The van der Waals surface area contributed by atoms with Crippen LogP contribution in [0.15, 0.2) is 36.4 Å². The summed E-state index contributed by atoms with van der Waals surface area (Å²) in [5, 5.41) is 0. The zero-order chi connectivity index (χ0) is 15.5. The highest BCUT2D eigenvalue weighted by Crippen LogP contribution is 2.61. The zero-order valence-electron chi connectivity index (χ0n) is 12.8. The lowest BCUT2D eigenvalue weighted by Crippen LogP contribution is -2.37. The third-order valence-electron chi connectivity index (χ3n) is 5.52. The van der Waals surface area contributed by atoms with Gasteiger partial charge in [-0.25, -0.2) is 4.90 Å². The second-order valence-electron chi connectivity index (χ2n) is 6.53. The van der Waals surface area contributed by atoms with Crippen molar-refractivity contribution in [2.75, 3.05) is 11.5 Å². The molecular weight excluding hydrogens is 278 g/mol. The summed E-state index contributed by atoms with van der Waals surface area (Å²) in [6.07, 6.45) is 5.16. The first kappa shape index (κ1) is 13.6. The fraction of sp³-hybridized carbons (Fsp3) is 0.444. The second kappa shape index (κ2) is 4.45. The molecule has 1 aromatic carbocycles. The molecular formula is C18H19NO3. The van der Waals surface area contributed by atoms with Gasteiger partial charge in [-0.1, -0.05) is 24.3 Å². The highest BCUT2D eigenvalue weighted by atomic mass is 16.5. The Balaban J connectivity index is 1.80. The maximum absolute atomic E-state index is 13.1. The summed E-state index contributed by atoms with van der Waals surface area (Å²) in [6, 6.07) is 7.29. The van der Waals surface area contributed by atoms with Gasteiger partial charge < -0.3 is 4.74 Å². The number of allylic oxidation sites excluding steroid dienone is 2. The van der Waals surface area contributed by atoms with Gasteiger partial charge in [-0.2, -0.15) is 0 Å². The van der Waals surface area contributed by atoms with E-state index in [2.05, 4.69) is 12.2 Å². The van der Waals surface area contributed by atoms with Gasteiger partial charge >= 0.3 is 0 Å². The number of benzene rings is 1. The number of fused-ring (bicyclic) bond motifs is 5. The molecule has 4 atom stereocenters. The van der Waals surface area contributed by atoms with Crippen LogP contribution in [-0.4, -0.2) is 18.4 Å². The lowest BCUT2D eigenvalue weighted by atomic mass is 9.71. The number of imide groups is 1. The van der Waals surface area contributed by atoms with E-state index in [1.165, 1.54) is 4.90 Å². The van der Waals surface area contributed by atoms with E-state index >= 15 is 0 Å². The minimum atomic E-state index is -0.587. The first-order valence-electron chi connectivity index (χ1n) is 7.87.